The number of aromatic nitrogens is 4. The standard InChI is InChI=1S/C16H24N6/c1-21-14-13(11-17-21)15(22-9-5-2-6-10-22)20-16(19-14)18-12-7-3-4-8-12/h11-12H,2-10H2,1H3,(H,18,19,20). The second-order valence-corrected chi connectivity index (χ2v) is 6.55. The minimum atomic E-state index is 0.528. The quantitative estimate of drug-likeness (QED) is 0.944. The number of fused-ring (bicyclic) bond motifs is 1. The molecule has 0 atom stereocenters. The van der Waals surface area contributed by atoms with Gasteiger partial charge in [0.2, 0.25) is 5.95 Å². The number of hydrogen-bond donors (Lipinski definition) is 1. The molecule has 1 saturated carbocycles. The van der Waals surface area contributed by atoms with Crippen LogP contribution in [-0.2, 0) is 7.05 Å². The number of nitrogens with one attached hydrogen (secondary N) is 1. The first-order valence-electron chi connectivity index (χ1n) is 8.52. The number of hydrogen-bond acceptors (Lipinski definition) is 5. The number of anilines is 2. The fourth-order valence-electron chi connectivity index (χ4n) is 3.67. The summed E-state index contributed by atoms with van der Waals surface area (Å²) in [6.07, 6.45) is 10.8. The Hall–Kier alpha value is -1.85. The predicted molar refractivity (Wildman–Crippen MR) is 88.2 cm³/mol. The highest BCUT2D eigenvalue weighted by molar-refractivity contribution is 5.88. The number of rotatable bonds is 3. The lowest BCUT2D eigenvalue weighted by atomic mass is 10.1. The van der Waals surface area contributed by atoms with Gasteiger partial charge < -0.3 is 10.2 Å². The third kappa shape index (κ3) is 2.51. The van der Waals surface area contributed by atoms with Gasteiger partial charge in [-0.15, -0.1) is 0 Å². The van der Waals surface area contributed by atoms with E-state index in [2.05, 4.69) is 15.3 Å². The molecule has 1 N–H and O–H groups in total. The van der Waals surface area contributed by atoms with E-state index in [0.29, 0.717) is 6.04 Å². The van der Waals surface area contributed by atoms with Crippen LogP contribution in [0.5, 0.6) is 0 Å². The molecule has 0 radical (unpaired) electrons. The molecule has 2 aliphatic rings. The summed E-state index contributed by atoms with van der Waals surface area (Å²) in [6.45, 7) is 2.17. The molecule has 0 spiro atoms. The Labute approximate surface area is 130 Å². The van der Waals surface area contributed by atoms with Crippen molar-refractivity contribution in [3.8, 4) is 0 Å². The third-order valence-electron chi connectivity index (χ3n) is 4.92. The first-order chi connectivity index (χ1) is 10.8. The second kappa shape index (κ2) is 5.74. The highest BCUT2D eigenvalue weighted by atomic mass is 15.3. The Morgan fingerprint density at radius 3 is 2.59 bits per heavy atom. The maximum atomic E-state index is 4.85. The summed E-state index contributed by atoms with van der Waals surface area (Å²) in [5, 5.41) is 8.99. The van der Waals surface area contributed by atoms with Gasteiger partial charge in [0.15, 0.2) is 5.65 Å². The van der Waals surface area contributed by atoms with Crippen LogP contribution in [0.1, 0.15) is 44.9 Å². The SMILES string of the molecule is Cn1ncc2c(N3CCCCC3)nc(NC3CCCC3)nc21. The van der Waals surface area contributed by atoms with E-state index < -0.39 is 0 Å². The molecular weight excluding hydrogens is 276 g/mol. The summed E-state index contributed by atoms with van der Waals surface area (Å²) in [5.41, 5.74) is 0.927. The van der Waals surface area contributed by atoms with E-state index in [4.69, 9.17) is 9.97 Å². The molecular formula is C16H24N6. The Morgan fingerprint density at radius 1 is 1.05 bits per heavy atom. The third-order valence-corrected chi connectivity index (χ3v) is 4.92. The zero-order chi connectivity index (χ0) is 14.9. The van der Waals surface area contributed by atoms with E-state index in [0.717, 1.165) is 35.9 Å². The van der Waals surface area contributed by atoms with Crippen molar-refractivity contribution in [1.29, 1.82) is 0 Å². The molecule has 6 heteroatoms. The Bertz CT molecular complexity index is 652. The van der Waals surface area contributed by atoms with Gasteiger partial charge in [-0.1, -0.05) is 12.8 Å². The van der Waals surface area contributed by atoms with Crippen LogP contribution in [0.3, 0.4) is 0 Å². The summed E-state index contributed by atoms with van der Waals surface area (Å²) in [6, 6.07) is 0.528. The minimum Gasteiger partial charge on any atom is -0.356 e. The molecule has 0 aromatic carbocycles. The van der Waals surface area contributed by atoms with Crippen molar-refractivity contribution < 1.29 is 0 Å². The molecule has 0 unspecified atom stereocenters. The van der Waals surface area contributed by atoms with Crippen molar-refractivity contribution in [3.05, 3.63) is 6.20 Å². The lowest BCUT2D eigenvalue weighted by Crippen LogP contribution is -2.31. The average Bonchev–Trinajstić information content (AvgIpc) is 3.18. The van der Waals surface area contributed by atoms with Gasteiger partial charge in [0, 0.05) is 26.2 Å². The van der Waals surface area contributed by atoms with E-state index in [-0.39, 0.29) is 0 Å². The van der Waals surface area contributed by atoms with Crippen molar-refractivity contribution in [2.45, 2.75) is 51.0 Å². The summed E-state index contributed by atoms with van der Waals surface area (Å²) < 4.78 is 1.85. The van der Waals surface area contributed by atoms with Crippen LogP contribution in [0.2, 0.25) is 0 Å². The van der Waals surface area contributed by atoms with Crippen LogP contribution in [0.25, 0.3) is 11.0 Å². The lowest BCUT2D eigenvalue weighted by Gasteiger charge is -2.28. The van der Waals surface area contributed by atoms with Gasteiger partial charge in [-0.3, -0.25) is 4.68 Å². The predicted octanol–water partition coefficient (Wildman–Crippen LogP) is 2.71. The summed E-state index contributed by atoms with van der Waals surface area (Å²) >= 11 is 0. The molecule has 4 rings (SSSR count). The van der Waals surface area contributed by atoms with Crippen molar-refractivity contribution in [1.82, 2.24) is 19.7 Å². The molecule has 6 nitrogen and oxygen atoms in total. The average molecular weight is 300 g/mol. The Kier molecular flexibility index (Phi) is 3.60. The van der Waals surface area contributed by atoms with Crippen LogP contribution in [0.15, 0.2) is 6.20 Å². The molecule has 22 heavy (non-hydrogen) atoms. The molecule has 3 heterocycles. The van der Waals surface area contributed by atoms with Gasteiger partial charge in [-0.2, -0.15) is 15.1 Å². The molecule has 1 aliphatic carbocycles. The van der Waals surface area contributed by atoms with Gasteiger partial charge in [0.1, 0.15) is 5.82 Å². The van der Waals surface area contributed by atoms with E-state index in [1.807, 2.05) is 17.9 Å². The Balaban J connectivity index is 1.72. The van der Waals surface area contributed by atoms with Gasteiger partial charge in [-0.25, -0.2) is 0 Å². The van der Waals surface area contributed by atoms with E-state index in [9.17, 15) is 0 Å². The van der Waals surface area contributed by atoms with Crippen molar-refractivity contribution in [2.24, 2.45) is 7.05 Å². The van der Waals surface area contributed by atoms with Gasteiger partial charge in [0.25, 0.3) is 0 Å². The highest BCUT2D eigenvalue weighted by Gasteiger charge is 2.21. The first kappa shape index (κ1) is 13.8. The van der Waals surface area contributed by atoms with E-state index in [1.165, 1.54) is 44.9 Å². The maximum absolute atomic E-state index is 4.85. The molecule has 0 amide bonds. The zero-order valence-electron chi connectivity index (χ0n) is 13.3. The van der Waals surface area contributed by atoms with Crippen LogP contribution in [0, 0.1) is 0 Å². The van der Waals surface area contributed by atoms with Crippen molar-refractivity contribution >= 4 is 22.8 Å². The van der Waals surface area contributed by atoms with Crippen LogP contribution in [0.4, 0.5) is 11.8 Å². The van der Waals surface area contributed by atoms with E-state index >= 15 is 0 Å². The van der Waals surface area contributed by atoms with Crippen molar-refractivity contribution in [2.75, 3.05) is 23.3 Å². The summed E-state index contributed by atoms with van der Waals surface area (Å²) in [5.74, 6) is 1.82. The number of aryl methyl sites for hydroxylation is 1. The normalized spacial score (nSPS) is 20.0. The topological polar surface area (TPSA) is 58.9 Å². The van der Waals surface area contributed by atoms with Gasteiger partial charge in [0.05, 0.1) is 11.6 Å². The molecule has 0 bridgehead atoms. The summed E-state index contributed by atoms with van der Waals surface area (Å²) in [7, 11) is 1.95. The first-order valence-corrected chi connectivity index (χ1v) is 8.52. The molecule has 118 valence electrons. The van der Waals surface area contributed by atoms with Crippen LogP contribution >= 0.6 is 0 Å². The van der Waals surface area contributed by atoms with Gasteiger partial charge >= 0.3 is 0 Å². The monoisotopic (exact) mass is 300 g/mol. The van der Waals surface area contributed by atoms with E-state index in [1.54, 1.807) is 0 Å². The molecule has 1 saturated heterocycles. The molecule has 2 aromatic heterocycles. The number of piperidine rings is 1. The van der Waals surface area contributed by atoms with Crippen molar-refractivity contribution in [3.63, 3.8) is 0 Å². The minimum absolute atomic E-state index is 0.528. The fourth-order valence-corrected chi connectivity index (χ4v) is 3.67. The maximum Gasteiger partial charge on any atom is 0.226 e. The second-order valence-electron chi connectivity index (χ2n) is 6.55. The summed E-state index contributed by atoms with van der Waals surface area (Å²) in [4.78, 5) is 12.0. The largest absolute Gasteiger partial charge is 0.356 e. The lowest BCUT2D eigenvalue weighted by molar-refractivity contribution is 0.574. The molecule has 2 fully saturated rings. The fraction of sp³-hybridized carbons (Fsp3) is 0.688. The smallest absolute Gasteiger partial charge is 0.226 e. The molecule has 2 aromatic rings. The Morgan fingerprint density at radius 2 is 1.82 bits per heavy atom. The van der Waals surface area contributed by atoms with Gasteiger partial charge in [-0.05, 0) is 32.1 Å². The zero-order valence-corrected chi connectivity index (χ0v) is 13.3. The highest BCUT2D eigenvalue weighted by Crippen LogP contribution is 2.28. The van der Waals surface area contributed by atoms with Crippen LogP contribution < -0.4 is 10.2 Å². The number of nitrogens with zero attached hydrogens (tertiary/aromatic N) is 5. The molecule has 1 aliphatic heterocycles. The van der Waals surface area contributed by atoms with Crippen LogP contribution in [-0.4, -0.2) is 38.9 Å².